The molecule has 1 aromatic carbocycles. The van der Waals surface area contributed by atoms with Crippen molar-refractivity contribution < 1.29 is 9.90 Å². The maximum absolute atomic E-state index is 12.7. The number of rotatable bonds is 5. The van der Waals surface area contributed by atoms with Crippen molar-refractivity contribution in [2.24, 2.45) is 0 Å². The summed E-state index contributed by atoms with van der Waals surface area (Å²) in [6, 6.07) is 7.95. The molecular formula is C21H21N3O3. The number of para-hydroxylation sites is 1. The molecule has 6 heteroatoms. The van der Waals surface area contributed by atoms with Gasteiger partial charge in [-0.15, -0.1) is 0 Å². The Hall–Kier alpha value is -3.41. The van der Waals surface area contributed by atoms with E-state index in [1.54, 1.807) is 6.08 Å². The van der Waals surface area contributed by atoms with Crippen LogP contribution in [0.2, 0.25) is 0 Å². The van der Waals surface area contributed by atoms with Crippen molar-refractivity contribution in [2.75, 3.05) is 0 Å². The van der Waals surface area contributed by atoms with Crippen LogP contribution >= 0.6 is 0 Å². The molecule has 2 aromatic heterocycles. The first-order valence-corrected chi connectivity index (χ1v) is 8.65. The highest BCUT2D eigenvalue weighted by molar-refractivity contribution is 5.84. The molecular weight excluding hydrogens is 342 g/mol. The van der Waals surface area contributed by atoms with Gasteiger partial charge >= 0.3 is 5.97 Å². The third kappa shape index (κ3) is 3.33. The summed E-state index contributed by atoms with van der Waals surface area (Å²) >= 11 is 0. The van der Waals surface area contributed by atoms with Gasteiger partial charge in [0.15, 0.2) is 0 Å². The van der Waals surface area contributed by atoms with E-state index in [2.05, 4.69) is 16.7 Å². The van der Waals surface area contributed by atoms with Gasteiger partial charge in [-0.2, -0.15) is 5.10 Å². The molecule has 0 aliphatic heterocycles. The summed E-state index contributed by atoms with van der Waals surface area (Å²) in [7, 11) is 0. The number of fused-ring (bicyclic) bond motifs is 1. The van der Waals surface area contributed by atoms with Crippen molar-refractivity contribution in [1.29, 1.82) is 0 Å². The van der Waals surface area contributed by atoms with Crippen LogP contribution in [0.15, 0.2) is 47.9 Å². The Morgan fingerprint density at radius 3 is 2.78 bits per heavy atom. The number of allylic oxidation sites excluding steroid dienone is 1. The second-order valence-electron chi connectivity index (χ2n) is 6.27. The van der Waals surface area contributed by atoms with E-state index < -0.39 is 18.1 Å². The van der Waals surface area contributed by atoms with Crippen molar-refractivity contribution in [3.8, 4) is 0 Å². The standard InChI is InChI=1S/C21H21N3O3/c1-4-8-16-14(5-2)20(23-24(21(16)27)12-19(25)26)13(3)17-11-22-18-10-7-6-9-15(17)18/h4-11,13,22H,1,12H2,2-3H3,(H,25,26). The van der Waals surface area contributed by atoms with Crippen LogP contribution < -0.4 is 16.0 Å². The molecule has 0 aliphatic carbocycles. The summed E-state index contributed by atoms with van der Waals surface area (Å²) in [6.45, 7) is 7.01. The van der Waals surface area contributed by atoms with Gasteiger partial charge in [-0.05, 0) is 24.6 Å². The first-order chi connectivity index (χ1) is 13.0. The van der Waals surface area contributed by atoms with E-state index in [-0.39, 0.29) is 5.92 Å². The number of carbonyl (C=O) groups is 1. The minimum Gasteiger partial charge on any atom is -0.480 e. The molecule has 3 rings (SSSR count). The fraction of sp³-hybridized carbons (Fsp3) is 0.190. The van der Waals surface area contributed by atoms with Gasteiger partial charge in [0.2, 0.25) is 0 Å². The van der Waals surface area contributed by atoms with Crippen molar-refractivity contribution in [1.82, 2.24) is 14.8 Å². The van der Waals surface area contributed by atoms with Gasteiger partial charge in [0, 0.05) is 28.2 Å². The van der Waals surface area contributed by atoms with E-state index >= 15 is 0 Å². The van der Waals surface area contributed by atoms with Gasteiger partial charge < -0.3 is 10.1 Å². The molecule has 2 heterocycles. The second kappa shape index (κ2) is 7.45. The SMILES string of the molecule is C=CC=c1c(=CC)c(C(C)c2c[nH]c3ccccc23)nn(CC(=O)O)c1=O. The summed E-state index contributed by atoms with van der Waals surface area (Å²) in [6.07, 6.45) is 6.88. The quantitative estimate of drug-likeness (QED) is 0.723. The predicted molar refractivity (Wildman–Crippen MR) is 106 cm³/mol. The number of nitrogens with zero attached hydrogens (tertiary/aromatic N) is 2. The molecule has 0 bridgehead atoms. The van der Waals surface area contributed by atoms with Crippen LogP contribution in [0.1, 0.15) is 31.0 Å². The molecule has 0 spiro atoms. The van der Waals surface area contributed by atoms with E-state index in [0.29, 0.717) is 16.1 Å². The highest BCUT2D eigenvalue weighted by Gasteiger charge is 2.19. The lowest BCUT2D eigenvalue weighted by Gasteiger charge is -2.14. The summed E-state index contributed by atoms with van der Waals surface area (Å²) in [5.74, 6) is -1.27. The largest absolute Gasteiger partial charge is 0.480 e. The van der Waals surface area contributed by atoms with E-state index in [4.69, 9.17) is 5.11 Å². The van der Waals surface area contributed by atoms with Crippen molar-refractivity contribution in [2.45, 2.75) is 26.3 Å². The zero-order chi connectivity index (χ0) is 19.6. The molecule has 0 saturated carbocycles. The normalized spacial score (nSPS) is 13.9. The molecule has 0 amide bonds. The van der Waals surface area contributed by atoms with Gasteiger partial charge in [0.05, 0.1) is 10.9 Å². The Balaban J connectivity index is 2.32. The van der Waals surface area contributed by atoms with Crippen LogP contribution in [-0.4, -0.2) is 25.8 Å². The molecule has 27 heavy (non-hydrogen) atoms. The van der Waals surface area contributed by atoms with E-state index in [1.165, 1.54) is 6.08 Å². The smallest absolute Gasteiger partial charge is 0.325 e. The van der Waals surface area contributed by atoms with Gasteiger partial charge in [-0.1, -0.05) is 43.9 Å². The first-order valence-electron chi connectivity index (χ1n) is 8.65. The van der Waals surface area contributed by atoms with Crippen LogP contribution in [0.3, 0.4) is 0 Å². The predicted octanol–water partition coefficient (Wildman–Crippen LogP) is 1.73. The van der Waals surface area contributed by atoms with E-state index in [1.807, 2.05) is 50.4 Å². The Kier molecular flexibility index (Phi) is 5.07. The summed E-state index contributed by atoms with van der Waals surface area (Å²) in [5.41, 5.74) is 2.25. The number of nitrogens with one attached hydrogen (secondary N) is 1. The second-order valence-corrected chi connectivity index (χ2v) is 6.27. The van der Waals surface area contributed by atoms with E-state index in [9.17, 15) is 9.59 Å². The number of carboxylic acid groups (broad SMARTS) is 1. The zero-order valence-corrected chi connectivity index (χ0v) is 15.3. The van der Waals surface area contributed by atoms with Gasteiger partial charge in [-0.25, -0.2) is 4.68 Å². The van der Waals surface area contributed by atoms with Gasteiger partial charge in [-0.3, -0.25) is 9.59 Å². The third-order valence-corrected chi connectivity index (χ3v) is 4.62. The lowest BCUT2D eigenvalue weighted by atomic mass is 9.95. The number of aromatic nitrogens is 3. The monoisotopic (exact) mass is 363 g/mol. The number of aromatic amines is 1. The highest BCUT2D eigenvalue weighted by Crippen LogP contribution is 2.27. The van der Waals surface area contributed by atoms with Gasteiger partial charge in [0.1, 0.15) is 6.54 Å². The number of benzene rings is 1. The minimum absolute atomic E-state index is 0.148. The lowest BCUT2D eigenvalue weighted by Crippen LogP contribution is -2.49. The van der Waals surface area contributed by atoms with Crippen LogP contribution in [0.5, 0.6) is 0 Å². The Morgan fingerprint density at radius 2 is 2.11 bits per heavy atom. The van der Waals surface area contributed by atoms with Crippen LogP contribution in [-0.2, 0) is 11.3 Å². The van der Waals surface area contributed by atoms with Crippen molar-refractivity contribution >= 4 is 29.0 Å². The fourth-order valence-electron chi connectivity index (χ4n) is 3.36. The molecule has 1 unspecified atom stereocenters. The molecule has 1 atom stereocenters. The van der Waals surface area contributed by atoms with Crippen LogP contribution in [0, 0.1) is 0 Å². The Bertz CT molecular complexity index is 1200. The first kappa shape index (κ1) is 18.4. The maximum Gasteiger partial charge on any atom is 0.325 e. The fourth-order valence-corrected chi connectivity index (χ4v) is 3.36. The molecule has 2 N–H and O–H groups in total. The molecule has 0 aliphatic rings. The number of hydrogen-bond acceptors (Lipinski definition) is 3. The number of hydrogen-bond donors (Lipinski definition) is 2. The highest BCUT2D eigenvalue weighted by atomic mass is 16.4. The van der Waals surface area contributed by atoms with Gasteiger partial charge in [0.25, 0.3) is 5.56 Å². The lowest BCUT2D eigenvalue weighted by molar-refractivity contribution is -0.138. The topological polar surface area (TPSA) is 88.0 Å². The Morgan fingerprint density at radius 1 is 1.37 bits per heavy atom. The van der Waals surface area contributed by atoms with Crippen LogP contribution in [0.25, 0.3) is 23.1 Å². The number of carboxylic acids is 1. The molecule has 0 fully saturated rings. The maximum atomic E-state index is 12.7. The summed E-state index contributed by atoms with van der Waals surface area (Å²) < 4.78 is 1.01. The molecule has 0 saturated heterocycles. The molecule has 138 valence electrons. The Labute approximate surface area is 155 Å². The van der Waals surface area contributed by atoms with Crippen molar-refractivity contribution in [3.63, 3.8) is 0 Å². The van der Waals surface area contributed by atoms with Crippen LogP contribution in [0.4, 0.5) is 0 Å². The average Bonchev–Trinajstić information content (AvgIpc) is 3.08. The van der Waals surface area contributed by atoms with E-state index in [0.717, 1.165) is 21.1 Å². The minimum atomic E-state index is -1.12. The average molecular weight is 363 g/mol. The summed E-state index contributed by atoms with van der Waals surface area (Å²) in [5, 5.41) is 15.7. The zero-order valence-electron chi connectivity index (χ0n) is 15.3. The summed E-state index contributed by atoms with van der Waals surface area (Å²) in [4.78, 5) is 27.1. The third-order valence-electron chi connectivity index (χ3n) is 4.62. The molecule has 6 nitrogen and oxygen atoms in total. The molecule has 0 radical (unpaired) electrons. The van der Waals surface area contributed by atoms with Crippen molar-refractivity contribution in [3.05, 3.63) is 75.2 Å². The molecule has 3 aromatic rings. The number of H-pyrrole nitrogens is 1. The number of aliphatic carboxylic acids is 1.